The second-order valence-corrected chi connectivity index (χ2v) is 7.11. The number of hydrogen-bond acceptors (Lipinski definition) is 3. The molecule has 3 aromatic rings. The van der Waals surface area contributed by atoms with Crippen molar-refractivity contribution >= 4 is 29.2 Å². The fourth-order valence-corrected chi connectivity index (χ4v) is 3.06. The lowest BCUT2D eigenvalue weighted by molar-refractivity contribution is -0.148. The molecule has 3 aromatic carbocycles. The maximum atomic E-state index is 12.4. The highest BCUT2D eigenvalue weighted by atomic mass is 35.5. The van der Waals surface area contributed by atoms with Crippen LogP contribution in [0.5, 0.6) is 0 Å². The maximum Gasteiger partial charge on any atom is 0.307 e. The summed E-state index contributed by atoms with van der Waals surface area (Å²) in [5.74, 6) is -0.697. The van der Waals surface area contributed by atoms with E-state index >= 15 is 0 Å². The smallest absolute Gasteiger partial charge is 0.307 e. The molecule has 0 aliphatic heterocycles. The molecule has 148 valence electrons. The van der Waals surface area contributed by atoms with Crippen molar-refractivity contribution < 1.29 is 14.3 Å². The van der Waals surface area contributed by atoms with Crippen LogP contribution in [0.25, 0.3) is 0 Å². The number of carbonyl (C=O) groups excluding carboxylic acids is 2. The lowest BCUT2D eigenvalue weighted by Gasteiger charge is -2.19. The van der Waals surface area contributed by atoms with Crippen LogP contribution in [-0.2, 0) is 14.3 Å². The molecule has 0 bridgehead atoms. The van der Waals surface area contributed by atoms with Gasteiger partial charge in [0.1, 0.15) is 0 Å². The van der Waals surface area contributed by atoms with Crippen LogP contribution in [0, 0.1) is 6.92 Å². The minimum atomic E-state index is -0.510. The molecule has 0 fully saturated rings. The number of esters is 1. The van der Waals surface area contributed by atoms with Gasteiger partial charge in [0, 0.05) is 17.1 Å². The summed E-state index contributed by atoms with van der Waals surface area (Å²) >= 11 is 6.07. The summed E-state index contributed by atoms with van der Waals surface area (Å²) in [6, 6.07) is 24.4. The van der Waals surface area contributed by atoms with Gasteiger partial charge in [-0.2, -0.15) is 0 Å². The largest absolute Gasteiger partial charge is 0.453 e. The van der Waals surface area contributed by atoms with Gasteiger partial charge in [-0.15, -0.1) is 0 Å². The molecule has 1 N–H and O–H groups in total. The third-order valence-corrected chi connectivity index (χ3v) is 4.87. The summed E-state index contributed by atoms with van der Waals surface area (Å²) in [5.41, 5.74) is 3.29. The molecule has 4 nitrogen and oxygen atoms in total. The first kappa shape index (κ1) is 20.6. The van der Waals surface area contributed by atoms with Crippen LogP contribution < -0.4 is 5.32 Å². The third kappa shape index (κ3) is 5.93. The quantitative estimate of drug-likeness (QED) is 0.511. The molecule has 1 amide bonds. The van der Waals surface area contributed by atoms with Crippen LogP contribution in [0.1, 0.15) is 35.6 Å². The van der Waals surface area contributed by atoms with Gasteiger partial charge >= 0.3 is 5.97 Å². The Kier molecular flexibility index (Phi) is 7.04. The van der Waals surface area contributed by atoms with Gasteiger partial charge in [-0.3, -0.25) is 9.59 Å². The lowest BCUT2D eigenvalue weighted by Crippen LogP contribution is -2.17. The molecule has 29 heavy (non-hydrogen) atoms. The van der Waals surface area contributed by atoms with Crippen LogP contribution in [0.3, 0.4) is 0 Å². The number of ether oxygens (including phenoxy) is 1. The van der Waals surface area contributed by atoms with E-state index in [0.29, 0.717) is 10.7 Å². The van der Waals surface area contributed by atoms with E-state index in [4.69, 9.17) is 16.3 Å². The highest BCUT2D eigenvalue weighted by Gasteiger charge is 2.19. The van der Waals surface area contributed by atoms with Gasteiger partial charge in [0.25, 0.3) is 0 Å². The van der Waals surface area contributed by atoms with Crippen molar-refractivity contribution in [3.63, 3.8) is 0 Å². The van der Waals surface area contributed by atoms with Gasteiger partial charge in [-0.1, -0.05) is 78.3 Å². The Hall–Kier alpha value is -3.11. The lowest BCUT2D eigenvalue weighted by atomic mass is 10.0. The Morgan fingerprint density at radius 3 is 2.03 bits per heavy atom. The van der Waals surface area contributed by atoms with Gasteiger partial charge < -0.3 is 10.1 Å². The summed E-state index contributed by atoms with van der Waals surface area (Å²) in [6.45, 7) is 1.89. The maximum absolute atomic E-state index is 12.4. The Morgan fingerprint density at radius 2 is 1.48 bits per heavy atom. The van der Waals surface area contributed by atoms with Gasteiger partial charge in [0.2, 0.25) is 5.91 Å². The molecule has 0 spiro atoms. The Labute approximate surface area is 175 Å². The summed E-state index contributed by atoms with van der Waals surface area (Å²) in [7, 11) is 0. The molecule has 3 rings (SSSR count). The van der Waals surface area contributed by atoms with Crippen molar-refractivity contribution in [2.24, 2.45) is 0 Å². The van der Waals surface area contributed by atoms with E-state index in [2.05, 4.69) is 5.32 Å². The predicted molar refractivity (Wildman–Crippen MR) is 115 cm³/mol. The number of anilines is 1. The molecule has 0 atom stereocenters. The number of halogens is 1. The van der Waals surface area contributed by atoms with E-state index in [1.54, 1.807) is 12.1 Å². The minimum Gasteiger partial charge on any atom is -0.453 e. The van der Waals surface area contributed by atoms with Gasteiger partial charge in [0.15, 0.2) is 6.10 Å². The van der Waals surface area contributed by atoms with Gasteiger partial charge in [-0.25, -0.2) is 0 Å². The summed E-state index contributed by atoms with van der Waals surface area (Å²) < 4.78 is 5.72. The average Bonchev–Trinajstić information content (AvgIpc) is 2.74. The van der Waals surface area contributed by atoms with E-state index < -0.39 is 12.1 Å². The Morgan fingerprint density at radius 1 is 0.897 bits per heavy atom. The van der Waals surface area contributed by atoms with E-state index in [9.17, 15) is 9.59 Å². The monoisotopic (exact) mass is 407 g/mol. The summed E-state index contributed by atoms with van der Waals surface area (Å²) in [5, 5.41) is 3.33. The molecule has 5 heteroatoms. The number of hydrogen-bond donors (Lipinski definition) is 1. The number of nitrogens with one attached hydrogen (secondary N) is 1. The number of aryl methyl sites for hydroxylation is 1. The molecule has 0 saturated heterocycles. The molecule has 0 radical (unpaired) electrons. The van der Waals surface area contributed by atoms with Crippen molar-refractivity contribution in [2.45, 2.75) is 25.9 Å². The average molecular weight is 408 g/mol. The minimum absolute atomic E-state index is 0.0123. The zero-order chi connectivity index (χ0) is 20.6. The Balaban J connectivity index is 1.60. The number of carbonyl (C=O) groups is 2. The number of benzene rings is 3. The fourth-order valence-electron chi connectivity index (χ4n) is 2.88. The zero-order valence-corrected chi connectivity index (χ0v) is 16.9. The SMILES string of the molecule is Cc1ccc(NC(=O)CCC(=O)OC(c2ccccc2)c2ccccc2)cc1Cl. The van der Waals surface area contributed by atoms with Gasteiger partial charge in [0.05, 0.1) is 6.42 Å². The molecular formula is C24H22ClNO3. The normalized spacial score (nSPS) is 10.6. The first-order valence-electron chi connectivity index (χ1n) is 9.38. The first-order chi connectivity index (χ1) is 14.0. The summed E-state index contributed by atoms with van der Waals surface area (Å²) in [6.07, 6.45) is -0.494. The number of amides is 1. The molecule has 0 unspecified atom stereocenters. The number of rotatable bonds is 7. The van der Waals surface area contributed by atoms with Crippen LogP contribution in [0.15, 0.2) is 78.9 Å². The van der Waals surface area contributed by atoms with Crippen LogP contribution in [0.4, 0.5) is 5.69 Å². The molecule has 0 aliphatic carbocycles. The topological polar surface area (TPSA) is 55.4 Å². The molecule has 0 saturated carbocycles. The second kappa shape index (κ2) is 9.89. The van der Waals surface area contributed by atoms with Crippen molar-refractivity contribution in [3.05, 3.63) is 101 Å². The predicted octanol–water partition coefficient (Wildman–Crippen LogP) is 5.70. The standard InChI is InChI=1S/C24H22ClNO3/c1-17-12-13-20(16-21(17)25)26-22(27)14-15-23(28)29-24(18-8-4-2-5-9-18)19-10-6-3-7-11-19/h2-13,16,24H,14-15H2,1H3,(H,26,27). The van der Waals surface area contributed by atoms with Gasteiger partial charge in [-0.05, 0) is 35.7 Å². The third-order valence-electron chi connectivity index (χ3n) is 4.47. The van der Waals surface area contributed by atoms with E-state index in [1.807, 2.05) is 73.7 Å². The van der Waals surface area contributed by atoms with E-state index in [-0.39, 0.29) is 18.7 Å². The van der Waals surface area contributed by atoms with Crippen molar-refractivity contribution in [1.29, 1.82) is 0 Å². The molecule has 0 aromatic heterocycles. The highest BCUT2D eigenvalue weighted by molar-refractivity contribution is 6.31. The zero-order valence-electron chi connectivity index (χ0n) is 16.1. The van der Waals surface area contributed by atoms with Crippen molar-refractivity contribution in [1.82, 2.24) is 0 Å². The van der Waals surface area contributed by atoms with Crippen LogP contribution in [0.2, 0.25) is 5.02 Å². The van der Waals surface area contributed by atoms with Crippen molar-refractivity contribution in [3.8, 4) is 0 Å². The van der Waals surface area contributed by atoms with Crippen LogP contribution >= 0.6 is 11.6 Å². The summed E-state index contributed by atoms with van der Waals surface area (Å²) in [4.78, 5) is 24.6. The van der Waals surface area contributed by atoms with Crippen LogP contribution in [-0.4, -0.2) is 11.9 Å². The van der Waals surface area contributed by atoms with E-state index in [0.717, 1.165) is 16.7 Å². The first-order valence-corrected chi connectivity index (χ1v) is 9.76. The highest BCUT2D eigenvalue weighted by Crippen LogP contribution is 2.26. The second-order valence-electron chi connectivity index (χ2n) is 6.70. The molecule has 0 heterocycles. The van der Waals surface area contributed by atoms with E-state index in [1.165, 1.54) is 0 Å². The van der Waals surface area contributed by atoms with Crippen molar-refractivity contribution in [2.75, 3.05) is 5.32 Å². The molecule has 0 aliphatic rings. The molecular weight excluding hydrogens is 386 g/mol. The fraction of sp³-hybridized carbons (Fsp3) is 0.167. The Bertz CT molecular complexity index is 934.